The summed E-state index contributed by atoms with van der Waals surface area (Å²) in [5.74, 6) is 0.782. The maximum absolute atomic E-state index is 10.4. The number of piperazine rings is 1. The highest BCUT2D eigenvalue weighted by Gasteiger charge is 2.60. The molecule has 5 nitrogen and oxygen atoms in total. The standard InChI is InChI=1S/C19H36N2O3/c1-18(2)15-4-5-19(3,12-15)17(18)24-14-16(23)13-21-8-6-20(7-9-21)10-11-22/h15-17,22-23H,4-14H2,1-3H3. The number of aliphatic hydroxyl groups is 2. The summed E-state index contributed by atoms with van der Waals surface area (Å²) in [5.41, 5.74) is 0.548. The van der Waals surface area contributed by atoms with Crippen molar-refractivity contribution in [2.75, 3.05) is 52.5 Å². The fraction of sp³-hybridized carbons (Fsp3) is 1.00. The van der Waals surface area contributed by atoms with E-state index in [0.717, 1.165) is 38.6 Å². The Hall–Kier alpha value is -0.200. The van der Waals surface area contributed by atoms with Gasteiger partial charge in [0, 0.05) is 39.3 Å². The molecule has 5 heteroatoms. The van der Waals surface area contributed by atoms with Crippen molar-refractivity contribution in [3.05, 3.63) is 0 Å². The number of fused-ring (bicyclic) bond motifs is 2. The Kier molecular flexibility index (Phi) is 5.57. The van der Waals surface area contributed by atoms with E-state index in [0.29, 0.717) is 18.6 Å². The summed E-state index contributed by atoms with van der Waals surface area (Å²) in [5, 5.41) is 19.4. The number of β-amino-alcohol motifs (C(OH)–C–C–N with tert-alkyl or cyclic N) is 2. The van der Waals surface area contributed by atoms with E-state index in [1.54, 1.807) is 0 Å². The maximum Gasteiger partial charge on any atom is 0.0900 e. The SMILES string of the molecule is CC12CCC(C1)C(C)(C)C2OCC(O)CN1CCN(CCO)CC1. The van der Waals surface area contributed by atoms with E-state index >= 15 is 0 Å². The molecule has 24 heavy (non-hydrogen) atoms. The molecule has 1 saturated heterocycles. The van der Waals surface area contributed by atoms with Crippen molar-refractivity contribution >= 4 is 0 Å². The highest BCUT2D eigenvalue weighted by molar-refractivity contribution is 5.09. The quantitative estimate of drug-likeness (QED) is 0.729. The fourth-order valence-electron chi connectivity index (χ4n) is 5.57. The highest BCUT2D eigenvalue weighted by atomic mass is 16.5. The molecule has 3 rings (SSSR count). The van der Waals surface area contributed by atoms with Crippen molar-refractivity contribution in [3.8, 4) is 0 Å². The molecule has 140 valence electrons. The van der Waals surface area contributed by atoms with Gasteiger partial charge in [0.15, 0.2) is 0 Å². The third-order valence-corrected chi connectivity index (χ3v) is 6.94. The van der Waals surface area contributed by atoms with Crippen LogP contribution >= 0.6 is 0 Å². The second-order valence-corrected chi connectivity index (χ2v) is 9.15. The van der Waals surface area contributed by atoms with Crippen LogP contribution in [0.3, 0.4) is 0 Å². The van der Waals surface area contributed by atoms with Crippen molar-refractivity contribution in [2.45, 2.75) is 52.2 Å². The van der Waals surface area contributed by atoms with Crippen LogP contribution in [0, 0.1) is 16.7 Å². The minimum atomic E-state index is -0.409. The second kappa shape index (κ2) is 7.20. The number of aliphatic hydroxyl groups excluding tert-OH is 2. The van der Waals surface area contributed by atoms with E-state index < -0.39 is 6.10 Å². The average Bonchev–Trinajstić information content (AvgIpc) is 3.00. The normalized spacial score (nSPS) is 37.9. The third kappa shape index (κ3) is 3.65. The van der Waals surface area contributed by atoms with Crippen LogP contribution < -0.4 is 0 Å². The number of hydrogen-bond acceptors (Lipinski definition) is 5. The minimum Gasteiger partial charge on any atom is -0.395 e. The number of rotatable bonds is 7. The van der Waals surface area contributed by atoms with E-state index in [1.807, 2.05) is 0 Å². The molecule has 1 heterocycles. The van der Waals surface area contributed by atoms with Gasteiger partial charge in [-0.2, -0.15) is 0 Å². The van der Waals surface area contributed by atoms with Crippen LogP contribution in [0.5, 0.6) is 0 Å². The molecule has 0 spiro atoms. The summed E-state index contributed by atoms with van der Waals surface area (Å²) in [7, 11) is 0. The monoisotopic (exact) mass is 340 g/mol. The molecule has 0 radical (unpaired) electrons. The Morgan fingerprint density at radius 1 is 1.12 bits per heavy atom. The van der Waals surface area contributed by atoms with Gasteiger partial charge in [0.2, 0.25) is 0 Å². The molecule has 0 aromatic heterocycles. The molecule has 0 aromatic rings. The first kappa shape index (κ1) is 18.6. The van der Waals surface area contributed by atoms with Crippen LogP contribution in [-0.2, 0) is 4.74 Å². The molecule has 0 amide bonds. The van der Waals surface area contributed by atoms with Crippen LogP contribution in [0.15, 0.2) is 0 Å². The van der Waals surface area contributed by atoms with Gasteiger partial charge in [0.25, 0.3) is 0 Å². The van der Waals surface area contributed by atoms with Gasteiger partial charge >= 0.3 is 0 Å². The zero-order chi connectivity index (χ0) is 17.4. The number of hydrogen-bond donors (Lipinski definition) is 2. The highest BCUT2D eigenvalue weighted by Crippen LogP contribution is 2.63. The Morgan fingerprint density at radius 2 is 1.79 bits per heavy atom. The maximum atomic E-state index is 10.4. The molecule has 4 unspecified atom stereocenters. The summed E-state index contributed by atoms with van der Waals surface area (Å²) >= 11 is 0. The van der Waals surface area contributed by atoms with Gasteiger partial charge in [-0.25, -0.2) is 0 Å². The van der Waals surface area contributed by atoms with E-state index in [1.165, 1.54) is 19.3 Å². The zero-order valence-electron chi connectivity index (χ0n) is 15.7. The van der Waals surface area contributed by atoms with Gasteiger partial charge < -0.3 is 14.9 Å². The lowest BCUT2D eigenvalue weighted by atomic mass is 9.70. The first-order chi connectivity index (χ1) is 11.3. The van der Waals surface area contributed by atoms with Gasteiger partial charge in [-0.05, 0) is 36.0 Å². The second-order valence-electron chi connectivity index (χ2n) is 9.15. The molecular formula is C19H36N2O3. The fourth-order valence-corrected chi connectivity index (χ4v) is 5.57. The molecule has 2 saturated carbocycles. The lowest BCUT2D eigenvalue weighted by Crippen LogP contribution is -2.50. The van der Waals surface area contributed by atoms with Gasteiger partial charge in [0.1, 0.15) is 0 Å². The molecule has 4 atom stereocenters. The Balaban J connectivity index is 1.42. The topological polar surface area (TPSA) is 56.2 Å². The molecule has 3 aliphatic rings. The third-order valence-electron chi connectivity index (χ3n) is 6.94. The van der Waals surface area contributed by atoms with Crippen LogP contribution in [0.1, 0.15) is 40.0 Å². The van der Waals surface area contributed by atoms with Gasteiger partial charge in [0.05, 0.1) is 25.4 Å². The van der Waals surface area contributed by atoms with Crippen LogP contribution in [0.2, 0.25) is 0 Å². The first-order valence-electron chi connectivity index (χ1n) is 9.70. The molecule has 2 N–H and O–H groups in total. The summed E-state index contributed by atoms with van der Waals surface area (Å²) in [4.78, 5) is 4.59. The number of nitrogens with zero attached hydrogens (tertiary/aromatic N) is 2. The average molecular weight is 341 g/mol. The summed E-state index contributed by atoms with van der Waals surface area (Å²) in [6.45, 7) is 13.1. The lowest BCUT2D eigenvalue weighted by Gasteiger charge is -2.43. The largest absolute Gasteiger partial charge is 0.395 e. The Morgan fingerprint density at radius 3 is 2.38 bits per heavy atom. The van der Waals surface area contributed by atoms with E-state index in [-0.39, 0.29) is 18.1 Å². The van der Waals surface area contributed by atoms with Crippen molar-refractivity contribution in [2.24, 2.45) is 16.7 Å². The minimum absolute atomic E-state index is 0.230. The first-order valence-corrected chi connectivity index (χ1v) is 9.70. The van der Waals surface area contributed by atoms with E-state index in [9.17, 15) is 5.11 Å². The summed E-state index contributed by atoms with van der Waals surface area (Å²) in [6, 6.07) is 0. The smallest absolute Gasteiger partial charge is 0.0900 e. The summed E-state index contributed by atoms with van der Waals surface area (Å²) in [6.07, 6.45) is 3.76. The van der Waals surface area contributed by atoms with Gasteiger partial charge in [-0.1, -0.05) is 20.8 Å². The van der Waals surface area contributed by atoms with Crippen molar-refractivity contribution in [1.82, 2.24) is 9.80 Å². The number of ether oxygens (including phenoxy) is 1. The predicted octanol–water partition coefficient (Wildman–Crippen LogP) is 1.19. The zero-order valence-corrected chi connectivity index (χ0v) is 15.7. The Bertz CT molecular complexity index is 418. The molecule has 0 aromatic carbocycles. The molecule has 2 bridgehead atoms. The van der Waals surface area contributed by atoms with E-state index in [4.69, 9.17) is 9.84 Å². The molecule has 2 aliphatic carbocycles. The van der Waals surface area contributed by atoms with Gasteiger partial charge in [-0.15, -0.1) is 0 Å². The predicted molar refractivity (Wildman–Crippen MR) is 94.9 cm³/mol. The Labute approximate surface area is 147 Å². The summed E-state index contributed by atoms with van der Waals surface area (Å²) < 4.78 is 6.30. The van der Waals surface area contributed by atoms with Crippen molar-refractivity contribution in [3.63, 3.8) is 0 Å². The molecular weight excluding hydrogens is 304 g/mol. The van der Waals surface area contributed by atoms with Crippen LogP contribution in [0.4, 0.5) is 0 Å². The van der Waals surface area contributed by atoms with Crippen LogP contribution in [-0.4, -0.2) is 84.7 Å². The van der Waals surface area contributed by atoms with Crippen molar-refractivity contribution in [1.29, 1.82) is 0 Å². The molecule has 1 aliphatic heterocycles. The molecule has 3 fully saturated rings. The van der Waals surface area contributed by atoms with Crippen LogP contribution in [0.25, 0.3) is 0 Å². The van der Waals surface area contributed by atoms with Gasteiger partial charge in [-0.3, -0.25) is 9.80 Å². The van der Waals surface area contributed by atoms with E-state index in [2.05, 4.69) is 30.6 Å². The van der Waals surface area contributed by atoms with Crippen molar-refractivity contribution < 1.29 is 14.9 Å². The lowest BCUT2D eigenvalue weighted by molar-refractivity contribution is -0.114.